The van der Waals surface area contributed by atoms with Crippen molar-refractivity contribution in [2.75, 3.05) is 19.6 Å². The Kier molecular flexibility index (Phi) is 5.88. The lowest BCUT2D eigenvalue weighted by molar-refractivity contribution is -0.215. The van der Waals surface area contributed by atoms with Crippen LogP contribution >= 0.6 is 0 Å². The van der Waals surface area contributed by atoms with Crippen molar-refractivity contribution >= 4 is 11.9 Å². The normalized spacial score (nSPS) is 22.9. The Morgan fingerprint density at radius 2 is 1.75 bits per heavy atom. The molecule has 2 fully saturated rings. The summed E-state index contributed by atoms with van der Waals surface area (Å²) in [6, 6.07) is -2.15. The molecule has 0 aromatic carbocycles. The summed E-state index contributed by atoms with van der Waals surface area (Å²) < 4.78 is 84.5. The van der Waals surface area contributed by atoms with Crippen LogP contribution in [0.2, 0.25) is 0 Å². The molecule has 2 atom stereocenters. The topological polar surface area (TPSA) is 76.5 Å². The van der Waals surface area contributed by atoms with Crippen molar-refractivity contribution in [2.45, 2.75) is 69.1 Å². The number of rotatable bonds is 4. The van der Waals surface area contributed by atoms with E-state index in [1.54, 1.807) is 0 Å². The number of hydrogen-bond acceptors (Lipinski definition) is 5. The van der Waals surface area contributed by atoms with Crippen LogP contribution in [0.3, 0.4) is 0 Å². The lowest BCUT2D eigenvalue weighted by Gasteiger charge is -2.30. The molecule has 0 radical (unpaired) electrons. The van der Waals surface area contributed by atoms with Crippen molar-refractivity contribution in [3.8, 4) is 0 Å². The molecule has 3 heterocycles. The Morgan fingerprint density at radius 1 is 1.06 bits per heavy atom. The van der Waals surface area contributed by atoms with Gasteiger partial charge in [0.25, 0.3) is 12.1 Å². The molecule has 1 N–H and O–H groups in total. The second-order valence-electron chi connectivity index (χ2n) is 8.30. The molecule has 1 amide bonds. The fourth-order valence-electron chi connectivity index (χ4n) is 4.54. The highest BCUT2D eigenvalue weighted by atomic mass is 19.4. The van der Waals surface area contributed by atoms with E-state index in [-0.39, 0.29) is 25.3 Å². The Morgan fingerprint density at radius 3 is 2.34 bits per heavy atom. The van der Waals surface area contributed by atoms with Gasteiger partial charge in [-0.2, -0.15) is 31.4 Å². The van der Waals surface area contributed by atoms with Gasteiger partial charge in [0.05, 0.1) is 5.69 Å². The molecule has 0 spiro atoms. The highest BCUT2D eigenvalue weighted by Crippen LogP contribution is 2.37. The zero-order valence-corrected chi connectivity index (χ0v) is 16.9. The van der Waals surface area contributed by atoms with Gasteiger partial charge < -0.3 is 15.0 Å². The highest BCUT2D eigenvalue weighted by molar-refractivity contribution is 5.84. The molecule has 1 aromatic heterocycles. The molecule has 178 valence electrons. The second kappa shape index (κ2) is 8.23. The van der Waals surface area contributed by atoms with E-state index in [0.29, 0.717) is 48.6 Å². The molecule has 2 saturated heterocycles. The highest BCUT2D eigenvalue weighted by Gasteiger charge is 2.52. The van der Waals surface area contributed by atoms with Gasteiger partial charge in [-0.3, -0.25) is 4.79 Å². The van der Waals surface area contributed by atoms with Crippen LogP contribution in [0.1, 0.15) is 54.8 Å². The maximum Gasteiger partial charge on any atom is 0.491 e. The molecule has 1 aliphatic carbocycles. The molecule has 4 rings (SSSR count). The number of aromatic nitrogens is 2. The summed E-state index contributed by atoms with van der Waals surface area (Å²) in [6.07, 6.45) is -10.3. The van der Waals surface area contributed by atoms with Crippen LogP contribution < -0.4 is 5.32 Å². The second-order valence-corrected chi connectivity index (χ2v) is 8.30. The number of carbonyl (C=O) groups excluding carboxylic acids is 2. The minimum absolute atomic E-state index is 0.0214. The molecular formula is C19H22F6N4O3. The van der Waals surface area contributed by atoms with E-state index >= 15 is 0 Å². The van der Waals surface area contributed by atoms with E-state index in [2.05, 4.69) is 15.2 Å². The van der Waals surface area contributed by atoms with Crippen LogP contribution in [0.25, 0.3) is 0 Å². The molecule has 1 aromatic rings. The zero-order valence-electron chi connectivity index (χ0n) is 16.9. The molecule has 3 aliphatic rings. The van der Waals surface area contributed by atoms with Crippen LogP contribution in [0.15, 0.2) is 0 Å². The van der Waals surface area contributed by atoms with E-state index in [1.165, 1.54) is 0 Å². The third-order valence-corrected chi connectivity index (χ3v) is 6.21. The third-order valence-electron chi connectivity index (χ3n) is 6.21. The van der Waals surface area contributed by atoms with Gasteiger partial charge in [-0.1, -0.05) is 0 Å². The largest absolute Gasteiger partial charge is 0.491 e. The van der Waals surface area contributed by atoms with Crippen molar-refractivity contribution in [1.29, 1.82) is 0 Å². The standard InChI is InChI=1S/C19H22F6N4O3/c20-18(21,22)13-6-3-7-28(13)15(30)16(32-17(31)19(23,24)25)29-12-5-2-1-4-11(12)14(27-29)10-8-26-9-10/h10,13,16,26H,1-9H2/t13-,16?/m0/s1. The van der Waals surface area contributed by atoms with Gasteiger partial charge in [0, 0.05) is 31.2 Å². The summed E-state index contributed by atoms with van der Waals surface area (Å²) in [6.45, 7) is 0.880. The van der Waals surface area contributed by atoms with Gasteiger partial charge >= 0.3 is 18.3 Å². The first-order chi connectivity index (χ1) is 15.0. The van der Waals surface area contributed by atoms with E-state index in [9.17, 15) is 35.9 Å². The number of nitrogens with one attached hydrogen (secondary N) is 1. The van der Waals surface area contributed by atoms with Gasteiger partial charge in [0.2, 0.25) is 0 Å². The summed E-state index contributed by atoms with van der Waals surface area (Å²) >= 11 is 0. The summed E-state index contributed by atoms with van der Waals surface area (Å²) in [7, 11) is 0. The van der Waals surface area contributed by atoms with Crippen molar-refractivity contribution < 1.29 is 40.7 Å². The predicted molar refractivity (Wildman–Crippen MR) is 96.5 cm³/mol. The van der Waals surface area contributed by atoms with E-state index in [4.69, 9.17) is 0 Å². The van der Waals surface area contributed by atoms with Crippen LogP contribution in [0.5, 0.6) is 0 Å². The molecule has 0 saturated carbocycles. The van der Waals surface area contributed by atoms with Crippen molar-refractivity contribution in [1.82, 2.24) is 20.0 Å². The first-order valence-corrected chi connectivity index (χ1v) is 10.4. The fraction of sp³-hybridized carbons (Fsp3) is 0.737. The summed E-state index contributed by atoms with van der Waals surface area (Å²) in [5.41, 5.74) is 1.81. The molecule has 32 heavy (non-hydrogen) atoms. The third kappa shape index (κ3) is 4.18. The molecule has 2 aliphatic heterocycles. The average molecular weight is 468 g/mol. The monoisotopic (exact) mass is 468 g/mol. The van der Waals surface area contributed by atoms with Gasteiger partial charge in [0.1, 0.15) is 6.04 Å². The quantitative estimate of drug-likeness (QED) is 0.543. The maximum absolute atomic E-state index is 13.4. The number of likely N-dealkylation sites (tertiary alicyclic amines) is 1. The first kappa shape index (κ1) is 22.9. The van der Waals surface area contributed by atoms with Gasteiger partial charge in [-0.25, -0.2) is 9.48 Å². The molecule has 13 heteroatoms. The molecule has 0 bridgehead atoms. The molecule has 1 unspecified atom stereocenters. The lowest BCUT2D eigenvalue weighted by Crippen LogP contribution is -2.49. The zero-order chi connectivity index (χ0) is 23.3. The molecule has 7 nitrogen and oxygen atoms in total. The smallest absolute Gasteiger partial charge is 0.423 e. The Hall–Kier alpha value is -2.31. The maximum atomic E-state index is 13.4. The van der Waals surface area contributed by atoms with Crippen LogP contribution in [-0.4, -0.2) is 64.6 Å². The van der Waals surface area contributed by atoms with E-state index < -0.39 is 36.5 Å². The number of nitrogens with zero attached hydrogens (tertiary/aromatic N) is 3. The Balaban J connectivity index is 1.74. The van der Waals surface area contributed by atoms with E-state index in [0.717, 1.165) is 16.7 Å². The first-order valence-electron chi connectivity index (χ1n) is 10.4. The van der Waals surface area contributed by atoms with Crippen LogP contribution in [0, 0.1) is 0 Å². The average Bonchev–Trinajstić information content (AvgIpc) is 3.29. The fourth-order valence-corrected chi connectivity index (χ4v) is 4.54. The summed E-state index contributed by atoms with van der Waals surface area (Å²) in [4.78, 5) is 25.2. The van der Waals surface area contributed by atoms with Gasteiger partial charge in [-0.15, -0.1) is 0 Å². The Labute approximate surface area is 179 Å². The van der Waals surface area contributed by atoms with Crippen molar-refractivity contribution in [3.63, 3.8) is 0 Å². The van der Waals surface area contributed by atoms with E-state index in [1.807, 2.05) is 0 Å². The SMILES string of the molecule is O=C(C(OC(=O)C(F)(F)F)n1nc(C2CNC2)c2c1CCCC2)N1CCC[C@H]1C(F)(F)F. The van der Waals surface area contributed by atoms with Crippen molar-refractivity contribution in [2.24, 2.45) is 0 Å². The number of ether oxygens (including phenoxy) is 1. The summed E-state index contributed by atoms with van der Waals surface area (Å²) in [5, 5.41) is 7.40. The van der Waals surface area contributed by atoms with Gasteiger partial charge in [0.15, 0.2) is 0 Å². The number of esters is 1. The number of fused-ring (bicyclic) bond motifs is 1. The summed E-state index contributed by atoms with van der Waals surface area (Å²) in [5.74, 6) is -4.02. The van der Waals surface area contributed by atoms with Gasteiger partial charge in [-0.05, 0) is 44.1 Å². The van der Waals surface area contributed by atoms with Crippen LogP contribution in [0.4, 0.5) is 26.3 Å². The van der Waals surface area contributed by atoms with Crippen LogP contribution in [-0.2, 0) is 27.2 Å². The lowest BCUT2D eigenvalue weighted by atomic mass is 9.89. The molecular weight excluding hydrogens is 446 g/mol. The minimum atomic E-state index is -5.42. The number of halogens is 6. The number of alkyl halides is 6. The number of amides is 1. The predicted octanol–water partition coefficient (Wildman–Crippen LogP) is 2.61. The number of carbonyl (C=O) groups is 2. The number of hydrogen-bond donors (Lipinski definition) is 1. The Bertz CT molecular complexity index is 893. The van der Waals surface area contributed by atoms with Crippen molar-refractivity contribution in [3.05, 3.63) is 17.0 Å². The minimum Gasteiger partial charge on any atom is -0.423 e.